The highest BCUT2D eigenvalue weighted by Crippen LogP contribution is 2.40. The maximum absolute atomic E-state index is 13.0. The zero-order chi connectivity index (χ0) is 19.4. The first-order chi connectivity index (χ1) is 13.0. The molecule has 1 aromatic carbocycles. The van der Waals surface area contributed by atoms with Crippen LogP contribution in [0, 0.1) is 12.3 Å². The third kappa shape index (κ3) is 4.26. The minimum absolute atomic E-state index is 0.0357. The largest absolute Gasteiger partial charge is 0.496 e. The van der Waals surface area contributed by atoms with Gasteiger partial charge >= 0.3 is 0 Å². The fraction of sp³-hybridized carbons (Fsp3) is 0.619. The van der Waals surface area contributed by atoms with E-state index in [0.717, 1.165) is 44.5 Å². The molecular formula is C21H30N2O4. The number of benzene rings is 1. The smallest absolute Gasteiger partial charge is 0.257 e. The van der Waals surface area contributed by atoms with Crippen LogP contribution in [0.2, 0.25) is 0 Å². The molecular weight excluding hydrogens is 344 g/mol. The molecule has 1 spiro atoms. The van der Waals surface area contributed by atoms with Crippen molar-refractivity contribution in [3.63, 3.8) is 0 Å². The number of carbonyl (C=O) groups is 2. The summed E-state index contributed by atoms with van der Waals surface area (Å²) in [5.41, 5.74) is 1.82. The molecule has 2 aliphatic heterocycles. The van der Waals surface area contributed by atoms with Crippen LogP contribution in [0.4, 0.5) is 0 Å². The van der Waals surface area contributed by atoms with Gasteiger partial charge in [0.05, 0.1) is 19.3 Å². The Morgan fingerprint density at radius 2 is 1.93 bits per heavy atom. The summed E-state index contributed by atoms with van der Waals surface area (Å²) in [4.78, 5) is 29.1. The highest BCUT2D eigenvalue weighted by atomic mass is 16.5. The van der Waals surface area contributed by atoms with E-state index in [1.54, 1.807) is 14.2 Å². The topological polar surface area (TPSA) is 59.1 Å². The number of amides is 2. The van der Waals surface area contributed by atoms with Gasteiger partial charge in [-0.3, -0.25) is 9.59 Å². The third-order valence-corrected chi connectivity index (χ3v) is 6.01. The van der Waals surface area contributed by atoms with Crippen molar-refractivity contribution in [2.75, 3.05) is 47.0 Å². The number of likely N-dealkylation sites (tertiary alicyclic amines) is 2. The van der Waals surface area contributed by atoms with Gasteiger partial charge in [0.2, 0.25) is 5.91 Å². The van der Waals surface area contributed by atoms with E-state index in [1.165, 1.54) is 0 Å². The summed E-state index contributed by atoms with van der Waals surface area (Å²) in [6, 6.07) is 5.71. The molecule has 0 saturated carbocycles. The van der Waals surface area contributed by atoms with Crippen LogP contribution < -0.4 is 4.74 Å². The van der Waals surface area contributed by atoms with Gasteiger partial charge in [0.15, 0.2) is 0 Å². The quantitative estimate of drug-likeness (QED) is 0.795. The summed E-state index contributed by atoms with van der Waals surface area (Å²) >= 11 is 0. The van der Waals surface area contributed by atoms with Gasteiger partial charge in [-0.05, 0) is 43.7 Å². The van der Waals surface area contributed by atoms with E-state index in [4.69, 9.17) is 9.47 Å². The molecule has 6 heteroatoms. The summed E-state index contributed by atoms with van der Waals surface area (Å²) in [5.74, 6) is 0.883. The lowest BCUT2D eigenvalue weighted by Gasteiger charge is -2.47. The molecule has 3 rings (SSSR count). The monoisotopic (exact) mass is 374 g/mol. The van der Waals surface area contributed by atoms with Crippen molar-refractivity contribution in [1.29, 1.82) is 0 Å². The Kier molecular flexibility index (Phi) is 6.05. The number of hydrogen-bond acceptors (Lipinski definition) is 4. The molecule has 0 radical (unpaired) electrons. The SMILES string of the molecule is COCCN1CC2(CCC1=O)CCN(C(=O)c1cc(C)ccc1OC)CC2. The lowest BCUT2D eigenvalue weighted by atomic mass is 9.72. The molecule has 2 aliphatic rings. The van der Waals surface area contributed by atoms with Gasteiger partial charge < -0.3 is 19.3 Å². The molecule has 2 heterocycles. The fourth-order valence-corrected chi connectivity index (χ4v) is 4.26. The van der Waals surface area contributed by atoms with Gasteiger partial charge in [-0.25, -0.2) is 0 Å². The lowest BCUT2D eigenvalue weighted by molar-refractivity contribution is -0.139. The summed E-state index contributed by atoms with van der Waals surface area (Å²) in [6.45, 7) is 5.43. The summed E-state index contributed by atoms with van der Waals surface area (Å²) < 4.78 is 10.5. The van der Waals surface area contributed by atoms with Gasteiger partial charge in [0.25, 0.3) is 5.91 Å². The van der Waals surface area contributed by atoms with Crippen LogP contribution in [0.25, 0.3) is 0 Å². The van der Waals surface area contributed by atoms with E-state index >= 15 is 0 Å². The Labute approximate surface area is 161 Å². The van der Waals surface area contributed by atoms with E-state index in [1.807, 2.05) is 34.9 Å². The van der Waals surface area contributed by atoms with Gasteiger partial charge in [-0.1, -0.05) is 11.6 Å². The summed E-state index contributed by atoms with van der Waals surface area (Å²) in [7, 11) is 3.26. The highest BCUT2D eigenvalue weighted by molar-refractivity contribution is 5.97. The second-order valence-electron chi connectivity index (χ2n) is 7.80. The van der Waals surface area contributed by atoms with Crippen molar-refractivity contribution >= 4 is 11.8 Å². The number of nitrogens with zero attached hydrogens (tertiary/aromatic N) is 2. The van der Waals surface area contributed by atoms with Gasteiger partial charge in [0, 0.05) is 39.7 Å². The van der Waals surface area contributed by atoms with Crippen LogP contribution in [0.1, 0.15) is 41.6 Å². The maximum Gasteiger partial charge on any atom is 0.257 e. The number of methoxy groups -OCH3 is 2. The average Bonchev–Trinajstić information content (AvgIpc) is 2.69. The Morgan fingerprint density at radius 1 is 1.19 bits per heavy atom. The molecule has 0 unspecified atom stereocenters. The van der Waals surface area contributed by atoms with Gasteiger partial charge in [0.1, 0.15) is 5.75 Å². The van der Waals surface area contributed by atoms with E-state index in [-0.39, 0.29) is 17.2 Å². The maximum atomic E-state index is 13.0. The predicted octanol–water partition coefficient (Wildman–Crippen LogP) is 2.49. The second kappa shape index (κ2) is 8.30. The lowest BCUT2D eigenvalue weighted by Crippen LogP contribution is -2.52. The highest BCUT2D eigenvalue weighted by Gasteiger charge is 2.41. The first-order valence-electron chi connectivity index (χ1n) is 9.69. The van der Waals surface area contributed by atoms with E-state index in [9.17, 15) is 9.59 Å². The molecule has 0 aromatic heterocycles. The molecule has 27 heavy (non-hydrogen) atoms. The van der Waals surface area contributed by atoms with E-state index < -0.39 is 0 Å². The predicted molar refractivity (Wildman–Crippen MR) is 103 cm³/mol. The van der Waals surface area contributed by atoms with Crippen molar-refractivity contribution in [3.05, 3.63) is 29.3 Å². The normalized spacial score (nSPS) is 19.4. The second-order valence-corrected chi connectivity index (χ2v) is 7.80. The molecule has 2 fully saturated rings. The van der Waals surface area contributed by atoms with Crippen molar-refractivity contribution in [2.24, 2.45) is 5.41 Å². The van der Waals surface area contributed by atoms with Crippen molar-refractivity contribution in [1.82, 2.24) is 9.80 Å². The molecule has 2 amide bonds. The summed E-state index contributed by atoms with van der Waals surface area (Å²) in [5, 5.41) is 0. The van der Waals surface area contributed by atoms with Crippen LogP contribution in [-0.4, -0.2) is 68.6 Å². The molecule has 0 bridgehead atoms. The number of rotatable bonds is 5. The molecule has 0 aliphatic carbocycles. The van der Waals surface area contributed by atoms with Crippen LogP contribution in [0.3, 0.4) is 0 Å². The number of ether oxygens (including phenoxy) is 2. The molecule has 2 saturated heterocycles. The number of carbonyl (C=O) groups excluding carboxylic acids is 2. The number of hydrogen-bond donors (Lipinski definition) is 0. The van der Waals surface area contributed by atoms with Crippen LogP contribution in [-0.2, 0) is 9.53 Å². The van der Waals surface area contributed by atoms with Gasteiger partial charge in [-0.2, -0.15) is 0 Å². The van der Waals surface area contributed by atoms with Crippen molar-refractivity contribution in [3.8, 4) is 5.75 Å². The number of piperidine rings is 2. The third-order valence-electron chi connectivity index (χ3n) is 6.01. The van der Waals surface area contributed by atoms with Crippen LogP contribution in [0.15, 0.2) is 18.2 Å². The summed E-state index contributed by atoms with van der Waals surface area (Å²) in [6.07, 6.45) is 3.39. The Balaban J connectivity index is 1.65. The number of aryl methyl sites for hydroxylation is 1. The minimum atomic E-state index is 0.0357. The average molecular weight is 374 g/mol. The zero-order valence-corrected chi connectivity index (χ0v) is 16.6. The standard InChI is InChI=1S/C21H30N2O4/c1-16-4-5-18(27-3)17(14-16)20(25)22-10-8-21(9-11-22)7-6-19(24)23(15-21)12-13-26-2/h4-5,14H,6-13,15H2,1-3H3. The van der Waals surface area contributed by atoms with E-state index in [2.05, 4.69) is 0 Å². The van der Waals surface area contributed by atoms with E-state index in [0.29, 0.717) is 30.9 Å². The zero-order valence-electron chi connectivity index (χ0n) is 16.6. The fourth-order valence-electron chi connectivity index (χ4n) is 4.26. The van der Waals surface area contributed by atoms with Crippen LogP contribution in [0.5, 0.6) is 5.75 Å². The molecule has 0 atom stereocenters. The molecule has 0 N–H and O–H groups in total. The van der Waals surface area contributed by atoms with Crippen molar-refractivity contribution in [2.45, 2.75) is 32.6 Å². The first kappa shape index (κ1) is 19.7. The Morgan fingerprint density at radius 3 is 2.59 bits per heavy atom. The minimum Gasteiger partial charge on any atom is -0.496 e. The van der Waals surface area contributed by atoms with Crippen molar-refractivity contribution < 1.29 is 19.1 Å². The van der Waals surface area contributed by atoms with Crippen LogP contribution >= 0.6 is 0 Å². The molecule has 6 nitrogen and oxygen atoms in total. The molecule has 148 valence electrons. The molecule has 1 aromatic rings. The first-order valence-corrected chi connectivity index (χ1v) is 9.69. The Hall–Kier alpha value is -2.08. The van der Waals surface area contributed by atoms with Gasteiger partial charge in [-0.15, -0.1) is 0 Å². The Bertz CT molecular complexity index is 695.